The minimum absolute atomic E-state index is 0.124. The SMILES string of the molecule is O=C(NCCc1nc(-c2ccc(Cl)cc2)cs1)[C@H](Cc1ccccc1)n1cnnn1. The van der Waals surface area contributed by atoms with E-state index in [-0.39, 0.29) is 5.91 Å². The summed E-state index contributed by atoms with van der Waals surface area (Å²) in [6.07, 6.45) is 2.62. The zero-order chi connectivity index (χ0) is 20.8. The molecule has 0 fully saturated rings. The number of hydrogen-bond acceptors (Lipinski definition) is 6. The maximum absolute atomic E-state index is 12.8. The van der Waals surface area contributed by atoms with Crippen molar-refractivity contribution >= 4 is 28.8 Å². The lowest BCUT2D eigenvalue weighted by atomic mass is 10.1. The molecule has 0 aliphatic carbocycles. The summed E-state index contributed by atoms with van der Waals surface area (Å²) in [5.41, 5.74) is 2.97. The van der Waals surface area contributed by atoms with Gasteiger partial charge in [-0.15, -0.1) is 16.4 Å². The number of carbonyl (C=O) groups is 1. The largest absolute Gasteiger partial charge is 0.354 e. The topological polar surface area (TPSA) is 85.6 Å². The molecule has 9 heteroatoms. The highest BCUT2D eigenvalue weighted by Crippen LogP contribution is 2.23. The third-order valence-electron chi connectivity index (χ3n) is 4.59. The van der Waals surface area contributed by atoms with Crippen molar-refractivity contribution in [2.75, 3.05) is 6.54 Å². The smallest absolute Gasteiger partial charge is 0.245 e. The first-order valence-corrected chi connectivity index (χ1v) is 10.7. The molecule has 0 saturated carbocycles. The Morgan fingerprint density at radius 2 is 1.93 bits per heavy atom. The highest BCUT2D eigenvalue weighted by atomic mass is 35.5. The summed E-state index contributed by atoms with van der Waals surface area (Å²) in [4.78, 5) is 17.5. The molecule has 1 atom stereocenters. The van der Waals surface area contributed by atoms with Crippen molar-refractivity contribution in [1.29, 1.82) is 0 Å². The highest BCUT2D eigenvalue weighted by molar-refractivity contribution is 7.09. The molecule has 0 aliphatic rings. The van der Waals surface area contributed by atoms with Crippen LogP contribution in [-0.2, 0) is 17.6 Å². The fourth-order valence-corrected chi connectivity index (χ4v) is 3.98. The number of nitrogens with zero attached hydrogens (tertiary/aromatic N) is 5. The number of halogens is 1. The van der Waals surface area contributed by atoms with Crippen molar-refractivity contribution in [3.05, 3.63) is 81.9 Å². The van der Waals surface area contributed by atoms with E-state index >= 15 is 0 Å². The maximum atomic E-state index is 12.8. The molecule has 2 aromatic carbocycles. The standard InChI is InChI=1S/C21H19ClN6OS/c22-17-8-6-16(7-9-17)18-13-30-20(25-18)10-11-23-21(29)19(28-14-24-26-27-28)12-15-4-2-1-3-5-15/h1-9,13-14,19H,10-12H2,(H,23,29)/t19-/m0/s1. The molecule has 0 bridgehead atoms. The van der Waals surface area contributed by atoms with E-state index in [1.54, 1.807) is 11.3 Å². The Bertz CT molecular complexity index is 1080. The molecule has 0 saturated heterocycles. The van der Waals surface area contributed by atoms with Crippen LogP contribution >= 0.6 is 22.9 Å². The van der Waals surface area contributed by atoms with Crippen LogP contribution in [-0.4, -0.2) is 37.6 Å². The number of amides is 1. The van der Waals surface area contributed by atoms with Crippen LogP contribution in [0.3, 0.4) is 0 Å². The first kappa shape index (κ1) is 20.2. The Hall–Kier alpha value is -3.10. The van der Waals surface area contributed by atoms with Crippen LogP contribution in [0, 0.1) is 0 Å². The van der Waals surface area contributed by atoms with Gasteiger partial charge in [0.2, 0.25) is 5.91 Å². The van der Waals surface area contributed by atoms with Gasteiger partial charge in [-0.3, -0.25) is 4.79 Å². The van der Waals surface area contributed by atoms with E-state index in [9.17, 15) is 4.79 Å². The molecule has 152 valence electrons. The molecule has 0 radical (unpaired) electrons. The molecule has 4 rings (SSSR count). The molecular formula is C21H19ClN6OS. The van der Waals surface area contributed by atoms with E-state index in [0.29, 0.717) is 24.4 Å². The molecule has 30 heavy (non-hydrogen) atoms. The Labute approximate surface area is 182 Å². The molecule has 0 aliphatic heterocycles. The van der Waals surface area contributed by atoms with Crippen molar-refractivity contribution in [1.82, 2.24) is 30.5 Å². The van der Waals surface area contributed by atoms with E-state index < -0.39 is 6.04 Å². The van der Waals surface area contributed by atoms with Crippen molar-refractivity contribution in [2.45, 2.75) is 18.9 Å². The second-order valence-corrected chi connectivity index (χ2v) is 8.05. The van der Waals surface area contributed by atoms with Crippen molar-refractivity contribution < 1.29 is 4.79 Å². The van der Waals surface area contributed by atoms with E-state index in [0.717, 1.165) is 21.8 Å². The van der Waals surface area contributed by atoms with Gasteiger partial charge >= 0.3 is 0 Å². The van der Waals surface area contributed by atoms with Gasteiger partial charge in [-0.1, -0.05) is 54.1 Å². The predicted octanol–water partition coefficient (Wildman–Crippen LogP) is 3.59. The van der Waals surface area contributed by atoms with Crippen LogP contribution in [0.1, 0.15) is 16.6 Å². The number of nitrogens with one attached hydrogen (secondary N) is 1. The van der Waals surface area contributed by atoms with Gasteiger partial charge < -0.3 is 5.32 Å². The molecule has 4 aromatic rings. The molecule has 2 aromatic heterocycles. The summed E-state index contributed by atoms with van der Waals surface area (Å²) in [6, 6.07) is 16.9. The van der Waals surface area contributed by atoms with Crippen LogP contribution in [0.2, 0.25) is 5.02 Å². The van der Waals surface area contributed by atoms with Gasteiger partial charge in [-0.25, -0.2) is 9.67 Å². The van der Waals surface area contributed by atoms with Crippen molar-refractivity contribution in [3.8, 4) is 11.3 Å². The summed E-state index contributed by atoms with van der Waals surface area (Å²) in [5.74, 6) is -0.124. The van der Waals surface area contributed by atoms with Gasteiger partial charge in [0, 0.05) is 35.4 Å². The first-order valence-electron chi connectivity index (χ1n) is 9.43. The zero-order valence-electron chi connectivity index (χ0n) is 16.0. The Morgan fingerprint density at radius 1 is 1.13 bits per heavy atom. The minimum Gasteiger partial charge on any atom is -0.354 e. The Balaban J connectivity index is 1.36. The average Bonchev–Trinajstić information content (AvgIpc) is 3.46. The number of aromatic nitrogens is 5. The van der Waals surface area contributed by atoms with Gasteiger partial charge in [0.05, 0.1) is 10.7 Å². The monoisotopic (exact) mass is 438 g/mol. The summed E-state index contributed by atoms with van der Waals surface area (Å²) in [7, 11) is 0. The van der Waals surface area contributed by atoms with Crippen LogP contribution in [0.25, 0.3) is 11.3 Å². The van der Waals surface area contributed by atoms with Crippen LogP contribution < -0.4 is 5.32 Å². The van der Waals surface area contributed by atoms with Gasteiger partial charge in [-0.05, 0) is 28.1 Å². The zero-order valence-corrected chi connectivity index (χ0v) is 17.6. The molecule has 2 heterocycles. The van der Waals surface area contributed by atoms with E-state index in [1.165, 1.54) is 11.0 Å². The normalized spacial score (nSPS) is 11.9. The molecule has 7 nitrogen and oxygen atoms in total. The lowest BCUT2D eigenvalue weighted by Crippen LogP contribution is -2.35. The predicted molar refractivity (Wildman–Crippen MR) is 116 cm³/mol. The number of rotatable bonds is 8. The second kappa shape index (κ2) is 9.60. The van der Waals surface area contributed by atoms with Crippen molar-refractivity contribution in [3.63, 3.8) is 0 Å². The number of tetrazole rings is 1. The summed E-state index contributed by atoms with van der Waals surface area (Å²) >= 11 is 7.52. The average molecular weight is 439 g/mol. The van der Waals surface area contributed by atoms with Crippen molar-refractivity contribution in [2.24, 2.45) is 0 Å². The number of hydrogen-bond donors (Lipinski definition) is 1. The summed E-state index contributed by atoms with van der Waals surface area (Å²) in [6.45, 7) is 0.486. The van der Waals surface area contributed by atoms with Crippen LogP contribution in [0.4, 0.5) is 0 Å². The quantitative estimate of drug-likeness (QED) is 0.454. The number of benzene rings is 2. The summed E-state index contributed by atoms with van der Waals surface area (Å²) < 4.78 is 1.49. The number of thiazole rings is 1. The third-order valence-corrected chi connectivity index (χ3v) is 5.75. The van der Waals surface area contributed by atoms with Crippen LogP contribution in [0.5, 0.6) is 0 Å². The van der Waals surface area contributed by atoms with E-state index in [1.807, 2.05) is 60.0 Å². The molecule has 0 spiro atoms. The van der Waals surface area contributed by atoms with E-state index in [4.69, 9.17) is 11.6 Å². The molecule has 1 N–H and O–H groups in total. The maximum Gasteiger partial charge on any atom is 0.245 e. The van der Waals surface area contributed by atoms with E-state index in [2.05, 4.69) is 25.8 Å². The van der Waals surface area contributed by atoms with Crippen LogP contribution in [0.15, 0.2) is 66.3 Å². The van der Waals surface area contributed by atoms with Gasteiger partial charge in [-0.2, -0.15) is 0 Å². The lowest BCUT2D eigenvalue weighted by molar-refractivity contribution is -0.124. The molecular weight excluding hydrogens is 420 g/mol. The Kier molecular flexibility index (Phi) is 6.46. The Morgan fingerprint density at radius 3 is 2.67 bits per heavy atom. The van der Waals surface area contributed by atoms with Gasteiger partial charge in [0.25, 0.3) is 0 Å². The van der Waals surface area contributed by atoms with Gasteiger partial charge in [0.15, 0.2) is 0 Å². The third kappa shape index (κ3) is 5.08. The fourth-order valence-electron chi connectivity index (χ4n) is 3.04. The lowest BCUT2D eigenvalue weighted by Gasteiger charge is -2.16. The minimum atomic E-state index is -0.511. The summed E-state index contributed by atoms with van der Waals surface area (Å²) in [5, 5.41) is 17.9. The number of carbonyl (C=O) groups excluding carboxylic acids is 1. The van der Waals surface area contributed by atoms with Gasteiger partial charge in [0.1, 0.15) is 12.4 Å². The second-order valence-electron chi connectivity index (χ2n) is 6.67. The fraction of sp³-hybridized carbons (Fsp3) is 0.190. The molecule has 0 unspecified atom stereocenters. The first-order chi connectivity index (χ1) is 14.7. The highest BCUT2D eigenvalue weighted by Gasteiger charge is 2.22. The molecule has 1 amide bonds.